The van der Waals surface area contributed by atoms with E-state index in [0.29, 0.717) is 11.4 Å². The highest BCUT2D eigenvalue weighted by Crippen LogP contribution is 2.19. The van der Waals surface area contributed by atoms with Gasteiger partial charge in [0.2, 0.25) is 0 Å². The maximum atomic E-state index is 13.1. The second-order valence-corrected chi connectivity index (χ2v) is 7.64. The minimum atomic E-state index is -3.77. The molecule has 1 amide bonds. The largest absolute Gasteiger partial charge is 0.321 e. The number of halogens is 1. The van der Waals surface area contributed by atoms with Gasteiger partial charge in [-0.15, -0.1) is 0 Å². The van der Waals surface area contributed by atoms with E-state index in [9.17, 15) is 17.6 Å². The van der Waals surface area contributed by atoms with Gasteiger partial charge in [-0.05, 0) is 48.5 Å². The number of hydrogen-bond donors (Lipinski definition) is 1. The van der Waals surface area contributed by atoms with Gasteiger partial charge in [0, 0.05) is 18.4 Å². The normalized spacial score (nSPS) is 11.6. The Bertz CT molecular complexity index is 1080. The third-order valence-electron chi connectivity index (χ3n) is 3.98. The molecule has 8 nitrogen and oxygen atoms in total. The van der Waals surface area contributed by atoms with Crippen molar-refractivity contribution in [1.29, 1.82) is 0 Å². The molecule has 10 heteroatoms. The minimum absolute atomic E-state index is 0.0196. The Hall–Kier alpha value is -3.08. The van der Waals surface area contributed by atoms with Gasteiger partial charge in [0.15, 0.2) is 0 Å². The number of hydrogen-bond acceptors (Lipinski definition) is 5. The summed E-state index contributed by atoms with van der Waals surface area (Å²) in [5.41, 5.74) is 1.21. The van der Waals surface area contributed by atoms with Crippen LogP contribution in [0.5, 0.6) is 0 Å². The number of hydroxylamine groups is 1. The van der Waals surface area contributed by atoms with Crippen molar-refractivity contribution in [1.82, 2.24) is 14.0 Å². The zero-order chi connectivity index (χ0) is 20.3. The van der Waals surface area contributed by atoms with Crippen LogP contribution in [0.25, 0.3) is 5.69 Å². The molecule has 146 valence electrons. The average molecular weight is 404 g/mol. The first-order valence-electron chi connectivity index (χ1n) is 8.05. The monoisotopic (exact) mass is 404 g/mol. The van der Waals surface area contributed by atoms with E-state index in [2.05, 4.69) is 10.3 Å². The fraction of sp³-hybridized carbons (Fsp3) is 0.111. The van der Waals surface area contributed by atoms with E-state index >= 15 is 0 Å². The quantitative estimate of drug-likeness (QED) is 0.637. The number of nitrogens with zero attached hydrogens (tertiary/aromatic N) is 3. The highest BCUT2D eigenvalue weighted by molar-refractivity contribution is 7.89. The van der Waals surface area contributed by atoms with Gasteiger partial charge in [0.05, 0.1) is 24.5 Å². The maximum absolute atomic E-state index is 13.1. The zero-order valence-corrected chi connectivity index (χ0v) is 15.9. The molecule has 0 aliphatic carbocycles. The third kappa shape index (κ3) is 3.93. The van der Waals surface area contributed by atoms with Crippen molar-refractivity contribution >= 4 is 21.6 Å². The highest BCUT2D eigenvalue weighted by atomic mass is 32.2. The van der Waals surface area contributed by atoms with Crippen molar-refractivity contribution in [2.75, 3.05) is 19.5 Å². The molecule has 28 heavy (non-hydrogen) atoms. The molecule has 3 aromatic rings. The Kier molecular flexibility index (Phi) is 5.54. The molecule has 0 bridgehead atoms. The highest BCUT2D eigenvalue weighted by Gasteiger charge is 2.21. The molecule has 1 N–H and O–H groups in total. The van der Waals surface area contributed by atoms with Crippen LogP contribution in [0.1, 0.15) is 10.5 Å². The molecule has 0 fully saturated rings. The Balaban J connectivity index is 1.80. The number of nitrogens with one attached hydrogen (secondary N) is 1. The summed E-state index contributed by atoms with van der Waals surface area (Å²) in [5, 5.41) is 2.67. The summed E-state index contributed by atoms with van der Waals surface area (Å²) >= 11 is 0. The van der Waals surface area contributed by atoms with Gasteiger partial charge in [-0.2, -0.15) is 0 Å². The van der Waals surface area contributed by atoms with E-state index in [1.54, 1.807) is 0 Å². The summed E-state index contributed by atoms with van der Waals surface area (Å²) < 4.78 is 39.7. The average Bonchev–Trinajstić information content (AvgIpc) is 3.18. The molecule has 0 spiro atoms. The number of rotatable bonds is 6. The molecule has 0 atom stereocenters. The molecule has 0 unspecified atom stereocenters. The Morgan fingerprint density at radius 3 is 2.39 bits per heavy atom. The first-order chi connectivity index (χ1) is 13.3. The van der Waals surface area contributed by atoms with Gasteiger partial charge in [0.25, 0.3) is 15.9 Å². The molecule has 3 rings (SSSR count). The van der Waals surface area contributed by atoms with E-state index in [-0.39, 0.29) is 16.4 Å². The topological polar surface area (TPSA) is 93.5 Å². The van der Waals surface area contributed by atoms with Crippen LogP contribution in [0.15, 0.2) is 66.0 Å². The lowest BCUT2D eigenvalue weighted by Gasteiger charge is -2.14. The van der Waals surface area contributed by atoms with Gasteiger partial charge in [-0.25, -0.2) is 17.8 Å². The standard InChI is InChI=1S/C18H17FN4O4S/c1-22(27-2)28(25,26)16-9-5-14(6-10-16)21-18(24)17-11-20-12-23(17)15-7-3-13(19)4-8-15/h3-12H,1-2H3,(H,21,24). The molecule has 0 saturated carbocycles. The van der Waals surface area contributed by atoms with Gasteiger partial charge in [0.1, 0.15) is 11.5 Å². The summed E-state index contributed by atoms with van der Waals surface area (Å²) in [6.07, 6.45) is 2.82. The first kappa shape index (κ1) is 19.7. The van der Waals surface area contributed by atoms with Gasteiger partial charge >= 0.3 is 0 Å². The number of sulfonamides is 1. The van der Waals surface area contributed by atoms with Crippen LogP contribution in [-0.4, -0.2) is 42.5 Å². The minimum Gasteiger partial charge on any atom is -0.321 e. The van der Waals surface area contributed by atoms with Crippen LogP contribution in [0.4, 0.5) is 10.1 Å². The second kappa shape index (κ2) is 7.89. The second-order valence-electron chi connectivity index (χ2n) is 5.70. The number of aromatic nitrogens is 2. The van der Waals surface area contributed by atoms with E-state index in [1.165, 1.54) is 79.8 Å². The van der Waals surface area contributed by atoms with Crippen molar-refractivity contribution in [3.05, 3.63) is 72.6 Å². The number of benzene rings is 2. The summed E-state index contributed by atoms with van der Waals surface area (Å²) in [4.78, 5) is 21.3. The molecular formula is C18H17FN4O4S. The summed E-state index contributed by atoms with van der Waals surface area (Å²) in [6, 6.07) is 11.3. The molecular weight excluding hydrogens is 387 g/mol. The number of carbonyl (C=O) groups excluding carboxylic acids is 1. The van der Waals surface area contributed by atoms with Crippen molar-refractivity contribution in [3.8, 4) is 5.69 Å². The number of carbonyl (C=O) groups is 1. The molecule has 0 saturated heterocycles. The van der Waals surface area contributed by atoms with Crippen LogP contribution in [-0.2, 0) is 14.9 Å². The lowest BCUT2D eigenvalue weighted by Crippen LogP contribution is -2.25. The van der Waals surface area contributed by atoms with E-state index in [0.717, 1.165) is 4.47 Å². The zero-order valence-electron chi connectivity index (χ0n) is 15.0. The Morgan fingerprint density at radius 1 is 1.14 bits per heavy atom. The SMILES string of the molecule is CON(C)S(=O)(=O)c1ccc(NC(=O)c2cncn2-c2ccc(F)cc2)cc1. The third-order valence-corrected chi connectivity index (χ3v) is 5.68. The summed E-state index contributed by atoms with van der Waals surface area (Å²) in [6.45, 7) is 0. The van der Waals surface area contributed by atoms with Crippen molar-refractivity contribution in [2.24, 2.45) is 0 Å². The Labute approximate surface area is 161 Å². The fourth-order valence-corrected chi connectivity index (χ4v) is 3.40. The molecule has 1 heterocycles. The van der Waals surface area contributed by atoms with Crippen molar-refractivity contribution in [3.63, 3.8) is 0 Å². The predicted octanol–water partition coefficient (Wildman–Crippen LogP) is 2.45. The molecule has 1 aromatic heterocycles. The predicted molar refractivity (Wildman–Crippen MR) is 99.9 cm³/mol. The van der Waals surface area contributed by atoms with Gasteiger partial charge in [-0.3, -0.25) is 14.2 Å². The van der Waals surface area contributed by atoms with E-state index in [1.807, 2.05) is 0 Å². The molecule has 0 aliphatic rings. The molecule has 0 radical (unpaired) electrons. The maximum Gasteiger partial charge on any atom is 0.274 e. The molecule has 2 aromatic carbocycles. The number of amides is 1. The van der Waals surface area contributed by atoms with Crippen LogP contribution in [0, 0.1) is 5.82 Å². The lowest BCUT2D eigenvalue weighted by molar-refractivity contribution is -0.0258. The first-order valence-corrected chi connectivity index (χ1v) is 9.49. The van der Waals surface area contributed by atoms with Crippen molar-refractivity contribution in [2.45, 2.75) is 4.90 Å². The summed E-state index contributed by atoms with van der Waals surface area (Å²) in [5.74, 6) is -0.838. The van der Waals surface area contributed by atoms with Gasteiger partial charge < -0.3 is 5.32 Å². The van der Waals surface area contributed by atoms with Crippen LogP contribution >= 0.6 is 0 Å². The lowest BCUT2D eigenvalue weighted by atomic mass is 10.3. The van der Waals surface area contributed by atoms with Crippen molar-refractivity contribution < 1.29 is 22.4 Å². The number of anilines is 1. The fourth-order valence-electron chi connectivity index (χ4n) is 2.42. The van der Waals surface area contributed by atoms with Crippen LogP contribution < -0.4 is 5.32 Å². The van der Waals surface area contributed by atoms with Crippen LogP contribution in [0.3, 0.4) is 0 Å². The van der Waals surface area contributed by atoms with E-state index in [4.69, 9.17) is 4.84 Å². The van der Waals surface area contributed by atoms with Gasteiger partial charge in [-0.1, -0.05) is 4.47 Å². The number of imidazole rings is 1. The Morgan fingerprint density at radius 2 is 1.79 bits per heavy atom. The smallest absolute Gasteiger partial charge is 0.274 e. The molecule has 0 aliphatic heterocycles. The van der Waals surface area contributed by atoms with Crippen LogP contribution in [0.2, 0.25) is 0 Å². The van der Waals surface area contributed by atoms with E-state index < -0.39 is 15.9 Å². The summed E-state index contributed by atoms with van der Waals surface area (Å²) in [7, 11) is -1.24.